The van der Waals surface area contributed by atoms with Crippen molar-refractivity contribution in [3.63, 3.8) is 0 Å². The lowest BCUT2D eigenvalue weighted by Gasteiger charge is -2.33. The Morgan fingerprint density at radius 3 is 2.79 bits per heavy atom. The highest BCUT2D eigenvalue weighted by molar-refractivity contribution is 5.82. The second-order valence-corrected chi connectivity index (χ2v) is 4.88. The van der Waals surface area contributed by atoms with Crippen molar-refractivity contribution >= 4 is 10.9 Å². The maximum Gasteiger partial charge on any atom is 0.0705 e. The lowest BCUT2D eigenvalue weighted by molar-refractivity contribution is 0.204. The molecule has 1 fully saturated rings. The van der Waals surface area contributed by atoms with Gasteiger partial charge in [0.05, 0.1) is 11.6 Å². The summed E-state index contributed by atoms with van der Waals surface area (Å²) < 4.78 is 0. The van der Waals surface area contributed by atoms with Crippen LogP contribution in [0.25, 0.3) is 10.9 Å². The van der Waals surface area contributed by atoms with Crippen molar-refractivity contribution in [2.45, 2.75) is 6.04 Å². The minimum Gasteiger partial charge on any atom is -0.314 e. The number of hydrogen-bond acceptors (Lipinski definition) is 3. The zero-order valence-electron chi connectivity index (χ0n) is 11.0. The normalized spacial score (nSPS) is 18.3. The van der Waals surface area contributed by atoms with Gasteiger partial charge in [-0.1, -0.05) is 24.3 Å². The summed E-state index contributed by atoms with van der Waals surface area (Å²) >= 11 is 0. The Bertz CT molecular complexity index is 568. The molecule has 3 heteroatoms. The molecule has 0 bridgehead atoms. The smallest absolute Gasteiger partial charge is 0.0705 e. The van der Waals surface area contributed by atoms with Crippen LogP contribution in [0.3, 0.4) is 0 Å². The van der Waals surface area contributed by atoms with Gasteiger partial charge in [0.15, 0.2) is 0 Å². The van der Waals surface area contributed by atoms with Crippen molar-refractivity contribution < 1.29 is 0 Å². The van der Waals surface area contributed by atoms with Crippen molar-refractivity contribution in [1.82, 2.24) is 15.2 Å². The molecule has 1 aliphatic rings. The fourth-order valence-corrected chi connectivity index (χ4v) is 2.81. The van der Waals surface area contributed by atoms with Crippen LogP contribution in [0.4, 0.5) is 0 Å². The lowest BCUT2D eigenvalue weighted by Crippen LogP contribution is -2.44. The standard InChI is InChI=1S/C16H19N3/c1-2-16(19-11-9-17-10-12-19)14-7-8-18-15-6-4-3-5-13(14)15/h2-8,16-17H,1,9-12H2/t16-/m0/s1. The topological polar surface area (TPSA) is 28.2 Å². The summed E-state index contributed by atoms with van der Waals surface area (Å²) in [6, 6.07) is 10.7. The molecular weight excluding hydrogens is 234 g/mol. The zero-order valence-corrected chi connectivity index (χ0v) is 11.0. The third-order valence-electron chi connectivity index (χ3n) is 3.77. The number of nitrogens with one attached hydrogen (secondary N) is 1. The van der Waals surface area contributed by atoms with E-state index in [1.54, 1.807) is 0 Å². The van der Waals surface area contributed by atoms with Crippen LogP contribution in [0.5, 0.6) is 0 Å². The van der Waals surface area contributed by atoms with Crippen LogP contribution in [0.1, 0.15) is 11.6 Å². The van der Waals surface area contributed by atoms with Crippen LogP contribution < -0.4 is 5.32 Å². The molecule has 19 heavy (non-hydrogen) atoms. The zero-order chi connectivity index (χ0) is 13.1. The van der Waals surface area contributed by atoms with Crippen LogP contribution in [0.2, 0.25) is 0 Å². The summed E-state index contributed by atoms with van der Waals surface area (Å²) in [6.45, 7) is 8.26. The summed E-state index contributed by atoms with van der Waals surface area (Å²) in [4.78, 5) is 6.92. The fraction of sp³-hybridized carbons (Fsp3) is 0.312. The molecule has 0 spiro atoms. The molecule has 2 aromatic rings. The Labute approximate surface area is 114 Å². The molecule has 1 atom stereocenters. The number of para-hydroxylation sites is 1. The van der Waals surface area contributed by atoms with Crippen LogP contribution in [-0.2, 0) is 0 Å². The Balaban J connectivity index is 2.03. The van der Waals surface area contributed by atoms with Crippen LogP contribution in [0.15, 0.2) is 49.2 Å². The van der Waals surface area contributed by atoms with Gasteiger partial charge in [-0.05, 0) is 17.7 Å². The summed E-state index contributed by atoms with van der Waals surface area (Å²) in [6.07, 6.45) is 3.95. The Kier molecular flexibility index (Phi) is 3.58. The largest absolute Gasteiger partial charge is 0.314 e. The number of pyridine rings is 1. The molecule has 3 rings (SSSR count). The summed E-state index contributed by atoms with van der Waals surface area (Å²) in [5.74, 6) is 0. The third kappa shape index (κ3) is 2.39. The molecule has 0 amide bonds. The quantitative estimate of drug-likeness (QED) is 0.851. The van der Waals surface area contributed by atoms with E-state index in [0.29, 0.717) is 0 Å². The average molecular weight is 253 g/mol. The molecule has 0 saturated carbocycles. The van der Waals surface area contributed by atoms with Gasteiger partial charge in [0.1, 0.15) is 0 Å². The highest BCUT2D eigenvalue weighted by Crippen LogP contribution is 2.28. The van der Waals surface area contributed by atoms with Gasteiger partial charge in [-0.15, -0.1) is 6.58 Å². The molecule has 1 aromatic carbocycles. The predicted octanol–water partition coefficient (Wildman–Crippen LogP) is 2.37. The number of hydrogen-bond donors (Lipinski definition) is 1. The molecule has 1 N–H and O–H groups in total. The van der Waals surface area contributed by atoms with E-state index in [2.05, 4.69) is 46.0 Å². The minimum atomic E-state index is 0.273. The third-order valence-corrected chi connectivity index (χ3v) is 3.77. The number of piperazine rings is 1. The monoisotopic (exact) mass is 253 g/mol. The van der Waals surface area contributed by atoms with Crippen LogP contribution in [-0.4, -0.2) is 36.1 Å². The summed E-state index contributed by atoms with van der Waals surface area (Å²) in [5, 5.41) is 4.62. The van der Waals surface area contributed by atoms with Gasteiger partial charge in [-0.2, -0.15) is 0 Å². The van der Waals surface area contributed by atoms with Gasteiger partial charge >= 0.3 is 0 Å². The minimum absolute atomic E-state index is 0.273. The van der Waals surface area contributed by atoms with E-state index in [1.807, 2.05) is 18.3 Å². The second kappa shape index (κ2) is 5.51. The van der Waals surface area contributed by atoms with E-state index >= 15 is 0 Å². The first-order chi connectivity index (χ1) is 9.40. The van der Waals surface area contributed by atoms with Gasteiger partial charge in [0.25, 0.3) is 0 Å². The molecular formula is C16H19N3. The second-order valence-electron chi connectivity index (χ2n) is 4.88. The molecule has 3 nitrogen and oxygen atoms in total. The highest BCUT2D eigenvalue weighted by atomic mass is 15.2. The SMILES string of the molecule is C=C[C@@H](c1ccnc2ccccc12)N1CCNCC1. The van der Waals surface area contributed by atoms with Gasteiger partial charge in [0, 0.05) is 37.8 Å². The molecule has 0 radical (unpaired) electrons. The number of aromatic nitrogens is 1. The Hall–Kier alpha value is -1.71. The van der Waals surface area contributed by atoms with Crippen molar-refractivity contribution in [2.75, 3.05) is 26.2 Å². The van der Waals surface area contributed by atoms with Gasteiger partial charge in [0.2, 0.25) is 0 Å². The van der Waals surface area contributed by atoms with Crippen molar-refractivity contribution in [1.29, 1.82) is 0 Å². The van der Waals surface area contributed by atoms with Gasteiger partial charge < -0.3 is 5.32 Å². The molecule has 2 heterocycles. The van der Waals surface area contributed by atoms with E-state index in [9.17, 15) is 0 Å². The lowest BCUT2D eigenvalue weighted by atomic mass is 10.0. The molecule has 1 aromatic heterocycles. The molecule has 0 aliphatic carbocycles. The van der Waals surface area contributed by atoms with Gasteiger partial charge in [-0.3, -0.25) is 9.88 Å². The first kappa shape index (κ1) is 12.3. The maximum atomic E-state index is 4.44. The number of benzene rings is 1. The van der Waals surface area contributed by atoms with Crippen molar-refractivity contribution in [2.24, 2.45) is 0 Å². The van der Waals surface area contributed by atoms with E-state index in [-0.39, 0.29) is 6.04 Å². The summed E-state index contributed by atoms with van der Waals surface area (Å²) in [7, 11) is 0. The Morgan fingerprint density at radius 2 is 2.00 bits per heavy atom. The van der Waals surface area contributed by atoms with Crippen molar-refractivity contribution in [3.8, 4) is 0 Å². The van der Waals surface area contributed by atoms with Crippen LogP contribution >= 0.6 is 0 Å². The maximum absolute atomic E-state index is 4.44. The number of rotatable bonds is 3. The predicted molar refractivity (Wildman–Crippen MR) is 79.1 cm³/mol. The summed E-state index contributed by atoms with van der Waals surface area (Å²) in [5.41, 5.74) is 2.37. The Morgan fingerprint density at radius 1 is 1.21 bits per heavy atom. The first-order valence-corrected chi connectivity index (χ1v) is 6.81. The van der Waals surface area contributed by atoms with E-state index in [4.69, 9.17) is 0 Å². The molecule has 1 aliphatic heterocycles. The van der Waals surface area contributed by atoms with E-state index in [0.717, 1.165) is 31.7 Å². The first-order valence-electron chi connectivity index (χ1n) is 6.81. The van der Waals surface area contributed by atoms with Crippen LogP contribution in [0, 0.1) is 0 Å². The number of fused-ring (bicyclic) bond motifs is 1. The molecule has 98 valence electrons. The number of nitrogens with zero attached hydrogens (tertiary/aromatic N) is 2. The van der Waals surface area contributed by atoms with E-state index < -0.39 is 0 Å². The fourth-order valence-electron chi connectivity index (χ4n) is 2.81. The molecule has 0 unspecified atom stereocenters. The van der Waals surface area contributed by atoms with Crippen molar-refractivity contribution in [3.05, 3.63) is 54.7 Å². The van der Waals surface area contributed by atoms with Gasteiger partial charge in [-0.25, -0.2) is 0 Å². The van der Waals surface area contributed by atoms with E-state index in [1.165, 1.54) is 10.9 Å². The highest BCUT2D eigenvalue weighted by Gasteiger charge is 2.20. The molecule has 1 saturated heterocycles. The average Bonchev–Trinajstić information content (AvgIpc) is 2.49.